The van der Waals surface area contributed by atoms with E-state index < -0.39 is 0 Å². The zero-order valence-corrected chi connectivity index (χ0v) is 9.25. The molecule has 0 aliphatic heterocycles. The van der Waals surface area contributed by atoms with Crippen LogP contribution in [-0.4, -0.2) is 18.5 Å². The molecule has 1 aliphatic carbocycles. The van der Waals surface area contributed by atoms with E-state index in [4.69, 9.17) is 5.73 Å². The van der Waals surface area contributed by atoms with Crippen LogP contribution >= 0.6 is 0 Å². The molecule has 1 unspecified atom stereocenters. The Hall–Kier alpha value is -0.570. The highest BCUT2D eigenvalue weighted by Gasteiger charge is 2.21. The van der Waals surface area contributed by atoms with E-state index in [0.717, 1.165) is 25.3 Å². The van der Waals surface area contributed by atoms with E-state index in [-0.39, 0.29) is 11.9 Å². The Balaban J connectivity index is 2.06. The average molecular weight is 198 g/mol. The quantitative estimate of drug-likeness (QED) is 0.675. The first kappa shape index (κ1) is 11.5. The Morgan fingerprint density at radius 3 is 2.64 bits per heavy atom. The molecule has 0 bridgehead atoms. The van der Waals surface area contributed by atoms with Crippen LogP contribution in [0.2, 0.25) is 0 Å². The fourth-order valence-electron chi connectivity index (χ4n) is 1.55. The molecule has 0 aromatic rings. The van der Waals surface area contributed by atoms with Crippen LogP contribution in [0.4, 0.5) is 0 Å². The lowest BCUT2D eigenvalue weighted by atomic mass is 10.0. The lowest BCUT2D eigenvalue weighted by molar-refractivity contribution is -0.122. The van der Waals surface area contributed by atoms with Gasteiger partial charge in [0.2, 0.25) is 5.91 Å². The zero-order valence-electron chi connectivity index (χ0n) is 9.25. The summed E-state index contributed by atoms with van der Waals surface area (Å²) in [5.74, 6) is 1.37. The van der Waals surface area contributed by atoms with Crippen molar-refractivity contribution in [2.45, 2.75) is 45.6 Å². The molecule has 0 aromatic heterocycles. The summed E-state index contributed by atoms with van der Waals surface area (Å²) in [7, 11) is 0. The van der Waals surface area contributed by atoms with Gasteiger partial charge in [-0.3, -0.25) is 4.79 Å². The number of rotatable bonds is 6. The van der Waals surface area contributed by atoms with Crippen LogP contribution in [0, 0.1) is 11.8 Å². The maximum Gasteiger partial charge on any atom is 0.236 e. The van der Waals surface area contributed by atoms with Gasteiger partial charge in [-0.05, 0) is 24.7 Å². The summed E-state index contributed by atoms with van der Waals surface area (Å²) in [5, 5.41) is 2.90. The highest BCUT2D eigenvalue weighted by atomic mass is 16.2. The largest absolute Gasteiger partial charge is 0.355 e. The summed E-state index contributed by atoms with van der Waals surface area (Å²) in [6.45, 7) is 4.96. The van der Waals surface area contributed by atoms with Crippen molar-refractivity contribution < 1.29 is 4.79 Å². The molecular weight excluding hydrogens is 176 g/mol. The molecule has 82 valence electrons. The molecule has 1 fully saturated rings. The minimum Gasteiger partial charge on any atom is -0.355 e. The van der Waals surface area contributed by atoms with Crippen molar-refractivity contribution in [3.8, 4) is 0 Å². The monoisotopic (exact) mass is 198 g/mol. The fraction of sp³-hybridized carbons (Fsp3) is 0.909. The highest BCUT2D eigenvalue weighted by molar-refractivity contribution is 5.81. The fourth-order valence-corrected chi connectivity index (χ4v) is 1.55. The van der Waals surface area contributed by atoms with Gasteiger partial charge in [-0.25, -0.2) is 0 Å². The van der Waals surface area contributed by atoms with Gasteiger partial charge in [-0.1, -0.05) is 26.7 Å². The Labute approximate surface area is 86.4 Å². The van der Waals surface area contributed by atoms with Crippen LogP contribution in [0.1, 0.15) is 39.5 Å². The molecule has 3 N–H and O–H groups in total. The second-order valence-electron chi connectivity index (χ2n) is 4.76. The predicted molar refractivity (Wildman–Crippen MR) is 57.8 cm³/mol. The second-order valence-corrected chi connectivity index (χ2v) is 4.76. The number of carbonyl (C=O) groups is 1. The Bertz CT molecular complexity index is 188. The minimum atomic E-state index is -0.325. The van der Waals surface area contributed by atoms with Gasteiger partial charge >= 0.3 is 0 Å². The molecule has 0 saturated heterocycles. The maximum atomic E-state index is 11.4. The van der Waals surface area contributed by atoms with Gasteiger partial charge in [0.05, 0.1) is 6.04 Å². The molecule has 1 rings (SSSR count). The van der Waals surface area contributed by atoms with Gasteiger partial charge in [0.25, 0.3) is 0 Å². The minimum absolute atomic E-state index is 0.0133. The molecule has 0 spiro atoms. The van der Waals surface area contributed by atoms with Crippen molar-refractivity contribution >= 4 is 5.91 Å². The molecular formula is C11H22N2O. The van der Waals surface area contributed by atoms with Gasteiger partial charge in [-0.15, -0.1) is 0 Å². The van der Waals surface area contributed by atoms with Crippen LogP contribution in [0.25, 0.3) is 0 Å². The molecule has 0 aromatic carbocycles. The van der Waals surface area contributed by atoms with E-state index in [1.807, 2.05) is 0 Å². The van der Waals surface area contributed by atoms with Crippen LogP contribution < -0.4 is 11.1 Å². The normalized spacial score (nSPS) is 18.3. The average Bonchev–Trinajstić information content (AvgIpc) is 2.86. The van der Waals surface area contributed by atoms with Crippen molar-refractivity contribution in [3.63, 3.8) is 0 Å². The lowest BCUT2D eigenvalue weighted by Gasteiger charge is -2.13. The first-order chi connectivity index (χ1) is 6.59. The summed E-state index contributed by atoms with van der Waals surface area (Å²) in [5.41, 5.74) is 5.74. The molecule has 1 aliphatic rings. The van der Waals surface area contributed by atoms with Crippen LogP contribution in [0.3, 0.4) is 0 Å². The third-order valence-corrected chi connectivity index (χ3v) is 2.61. The van der Waals surface area contributed by atoms with Crippen molar-refractivity contribution in [2.75, 3.05) is 6.54 Å². The maximum absolute atomic E-state index is 11.4. The third-order valence-electron chi connectivity index (χ3n) is 2.61. The number of hydrogen-bond donors (Lipinski definition) is 2. The number of nitrogens with two attached hydrogens (primary N) is 1. The Morgan fingerprint density at radius 2 is 2.14 bits per heavy atom. The molecule has 3 nitrogen and oxygen atoms in total. The summed E-state index contributed by atoms with van der Waals surface area (Å²) >= 11 is 0. The van der Waals surface area contributed by atoms with Gasteiger partial charge < -0.3 is 11.1 Å². The highest BCUT2D eigenvalue weighted by Crippen LogP contribution is 2.31. The Morgan fingerprint density at radius 1 is 1.50 bits per heavy atom. The van der Waals surface area contributed by atoms with Gasteiger partial charge in [0.1, 0.15) is 0 Å². The number of amides is 1. The van der Waals surface area contributed by atoms with E-state index in [0.29, 0.717) is 5.92 Å². The summed E-state index contributed by atoms with van der Waals surface area (Å²) in [6.07, 6.45) is 4.58. The molecule has 1 atom stereocenters. The van der Waals surface area contributed by atoms with Crippen molar-refractivity contribution in [1.29, 1.82) is 0 Å². The smallest absolute Gasteiger partial charge is 0.236 e. The van der Waals surface area contributed by atoms with E-state index in [9.17, 15) is 4.79 Å². The summed E-state index contributed by atoms with van der Waals surface area (Å²) in [6, 6.07) is -0.325. The van der Waals surface area contributed by atoms with Gasteiger partial charge in [0, 0.05) is 6.54 Å². The van der Waals surface area contributed by atoms with Crippen LogP contribution in [0.5, 0.6) is 0 Å². The molecule has 3 heteroatoms. The number of hydrogen-bond acceptors (Lipinski definition) is 2. The molecule has 0 heterocycles. The van der Waals surface area contributed by atoms with Crippen LogP contribution in [0.15, 0.2) is 0 Å². The van der Waals surface area contributed by atoms with Crippen molar-refractivity contribution in [2.24, 2.45) is 17.6 Å². The molecule has 14 heavy (non-hydrogen) atoms. The topological polar surface area (TPSA) is 55.1 Å². The number of carbonyl (C=O) groups excluding carboxylic acids is 1. The standard InChI is InChI=1S/C11H22N2O/c1-8(2)7-10(12)11(14)13-6-5-9-3-4-9/h8-10H,3-7,12H2,1-2H3,(H,13,14). The SMILES string of the molecule is CC(C)CC(N)C(=O)NCCC1CC1. The summed E-state index contributed by atoms with van der Waals surface area (Å²) in [4.78, 5) is 11.4. The van der Waals surface area contributed by atoms with Crippen LogP contribution in [-0.2, 0) is 4.79 Å². The third kappa shape index (κ3) is 4.61. The lowest BCUT2D eigenvalue weighted by Crippen LogP contribution is -2.41. The van der Waals surface area contributed by atoms with Crippen molar-refractivity contribution in [1.82, 2.24) is 5.32 Å². The summed E-state index contributed by atoms with van der Waals surface area (Å²) < 4.78 is 0. The van der Waals surface area contributed by atoms with Gasteiger partial charge in [-0.2, -0.15) is 0 Å². The van der Waals surface area contributed by atoms with E-state index in [1.54, 1.807) is 0 Å². The van der Waals surface area contributed by atoms with Crippen molar-refractivity contribution in [3.05, 3.63) is 0 Å². The molecule has 1 saturated carbocycles. The van der Waals surface area contributed by atoms with E-state index in [1.165, 1.54) is 12.8 Å². The van der Waals surface area contributed by atoms with E-state index in [2.05, 4.69) is 19.2 Å². The van der Waals surface area contributed by atoms with Gasteiger partial charge in [0.15, 0.2) is 0 Å². The molecule has 1 amide bonds. The number of nitrogens with one attached hydrogen (secondary N) is 1. The predicted octanol–water partition coefficient (Wildman–Crippen LogP) is 1.28. The zero-order chi connectivity index (χ0) is 10.6. The molecule has 0 radical (unpaired) electrons. The first-order valence-corrected chi connectivity index (χ1v) is 5.63. The van der Waals surface area contributed by atoms with E-state index >= 15 is 0 Å². The Kier molecular flexibility index (Phi) is 4.39. The second kappa shape index (κ2) is 5.35. The first-order valence-electron chi connectivity index (χ1n) is 5.63.